The number of rotatable bonds is 4. The summed E-state index contributed by atoms with van der Waals surface area (Å²) in [5, 5.41) is 12.7. The molecule has 0 aromatic heterocycles. The van der Waals surface area contributed by atoms with E-state index in [1.165, 1.54) is 0 Å². The minimum atomic E-state index is -0.570. The summed E-state index contributed by atoms with van der Waals surface area (Å²) in [4.78, 5) is 11.1. The van der Waals surface area contributed by atoms with Gasteiger partial charge < -0.3 is 21.9 Å². The molecule has 5 heteroatoms. The number of primary amides is 1. The van der Waals surface area contributed by atoms with E-state index in [1.54, 1.807) is 25.1 Å². The van der Waals surface area contributed by atoms with E-state index in [-0.39, 0.29) is 0 Å². The predicted octanol–water partition coefficient (Wildman–Crippen LogP) is 0.939. The maximum Gasteiger partial charge on any atom is 0.248 e. The van der Waals surface area contributed by atoms with Crippen LogP contribution in [0.3, 0.4) is 0 Å². The molecule has 0 aliphatic rings. The van der Waals surface area contributed by atoms with Crippen molar-refractivity contribution < 1.29 is 9.90 Å². The maximum absolute atomic E-state index is 11.1. The lowest BCUT2D eigenvalue weighted by Gasteiger charge is -2.31. The average Bonchev–Trinajstić information content (AvgIpc) is 2.20. The van der Waals surface area contributed by atoms with Crippen LogP contribution in [0.5, 0.6) is 0 Å². The van der Waals surface area contributed by atoms with Gasteiger partial charge in [0, 0.05) is 5.56 Å². The van der Waals surface area contributed by atoms with Crippen LogP contribution in [0.1, 0.15) is 31.1 Å². The van der Waals surface area contributed by atoms with E-state index >= 15 is 0 Å². The van der Waals surface area contributed by atoms with Crippen LogP contribution in [0.25, 0.3) is 0 Å². The summed E-state index contributed by atoms with van der Waals surface area (Å²) in [5.41, 5.74) is 11.9. The van der Waals surface area contributed by atoms with Gasteiger partial charge >= 0.3 is 0 Å². The van der Waals surface area contributed by atoms with E-state index in [0.29, 0.717) is 16.9 Å². The number of anilines is 2. The Hall–Kier alpha value is -1.75. The number of aliphatic hydroxyl groups excluding tert-OH is 1. The molecule has 1 atom stereocenters. The van der Waals surface area contributed by atoms with Gasteiger partial charge in [-0.1, -0.05) is 0 Å². The fraction of sp³-hybridized carbons (Fsp3) is 0.417. The molecule has 1 aromatic rings. The fourth-order valence-corrected chi connectivity index (χ4v) is 1.27. The highest BCUT2D eigenvalue weighted by atomic mass is 16.3. The molecule has 1 rings (SSSR count). The molecule has 0 heterocycles. The van der Waals surface area contributed by atoms with Crippen LogP contribution in [0.4, 0.5) is 11.4 Å². The highest BCUT2D eigenvalue weighted by Gasteiger charge is 2.24. The van der Waals surface area contributed by atoms with E-state index in [0.717, 1.165) is 0 Å². The summed E-state index contributed by atoms with van der Waals surface area (Å²) in [6.45, 7) is 5.36. The predicted molar refractivity (Wildman–Crippen MR) is 68.8 cm³/mol. The first-order valence-corrected chi connectivity index (χ1v) is 5.39. The van der Waals surface area contributed by atoms with Crippen LogP contribution in [-0.2, 0) is 0 Å². The molecule has 0 saturated heterocycles. The van der Waals surface area contributed by atoms with Crippen LogP contribution < -0.4 is 16.8 Å². The molecular weight excluding hydrogens is 218 g/mol. The molecule has 0 aliphatic heterocycles. The lowest BCUT2D eigenvalue weighted by Crippen LogP contribution is -2.42. The zero-order valence-electron chi connectivity index (χ0n) is 10.3. The molecular formula is C12H19N3O2. The molecule has 94 valence electrons. The second-order valence-electron chi connectivity index (χ2n) is 4.69. The molecule has 1 unspecified atom stereocenters. The number of carbonyl (C=O) groups excluding carboxylic acids is 1. The monoisotopic (exact) mass is 237 g/mol. The number of aliphatic hydroxyl groups is 1. The Morgan fingerprint density at radius 3 is 2.53 bits per heavy atom. The Balaban J connectivity index is 3.06. The number of nitrogen functional groups attached to an aromatic ring is 1. The summed E-state index contributed by atoms with van der Waals surface area (Å²) in [7, 11) is 0. The number of hydrogen-bond donors (Lipinski definition) is 4. The molecule has 1 aromatic carbocycles. The van der Waals surface area contributed by atoms with E-state index in [4.69, 9.17) is 11.5 Å². The standard InChI is InChI=1S/C12H19N3O2/c1-7(16)12(2,3)15-10-6-8(11(14)17)4-5-9(10)13/h4-7,15-16H,13H2,1-3H3,(H2,14,17). The fourth-order valence-electron chi connectivity index (χ4n) is 1.27. The third-order valence-corrected chi connectivity index (χ3v) is 2.84. The van der Waals surface area contributed by atoms with Gasteiger partial charge in [0.05, 0.1) is 23.0 Å². The van der Waals surface area contributed by atoms with Crippen molar-refractivity contribution in [1.29, 1.82) is 0 Å². The highest BCUT2D eigenvalue weighted by Crippen LogP contribution is 2.25. The average molecular weight is 237 g/mol. The van der Waals surface area contributed by atoms with Crippen molar-refractivity contribution in [3.8, 4) is 0 Å². The zero-order chi connectivity index (χ0) is 13.2. The summed E-state index contributed by atoms with van der Waals surface area (Å²) in [5.74, 6) is -0.511. The molecule has 0 bridgehead atoms. The van der Waals surface area contributed by atoms with Crippen molar-refractivity contribution >= 4 is 17.3 Å². The first kappa shape index (κ1) is 13.3. The molecule has 0 radical (unpaired) electrons. The van der Waals surface area contributed by atoms with Gasteiger partial charge in [0.25, 0.3) is 0 Å². The van der Waals surface area contributed by atoms with Gasteiger partial charge in [0.2, 0.25) is 5.91 Å². The van der Waals surface area contributed by atoms with Crippen molar-refractivity contribution in [2.45, 2.75) is 32.4 Å². The van der Waals surface area contributed by atoms with Gasteiger partial charge in [-0.25, -0.2) is 0 Å². The summed E-state index contributed by atoms with van der Waals surface area (Å²) in [6, 6.07) is 4.76. The number of amides is 1. The minimum Gasteiger partial charge on any atom is -0.397 e. The van der Waals surface area contributed by atoms with Gasteiger partial charge in [-0.3, -0.25) is 4.79 Å². The van der Waals surface area contributed by atoms with Gasteiger partial charge in [0.1, 0.15) is 0 Å². The topological polar surface area (TPSA) is 101 Å². The number of benzene rings is 1. The Bertz CT molecular complexity index is 428. The van der Waals surface area contributed by atoms with Crippen LogP contribution in [0.2, 0.25) is 0 Å². The number of carbonyl (C=O) groups is 1. The second-order valence-corrected chi connectivity index (χ2v) is 4.69. The lowest BCUT2D eigenvalue weighted by molar-refractivity contribution is 0.100. The Kier molecular flexibility index (Phi) is 3.63. The van der Waals surface area contributed by atoms with Crippen molar-refractivity contribution in [1.82, 2.24) is 0 Å². The summed E-state index contributed by atoms with van der Waals surface area (Å²) in [6.07, 6.45) is -0.570. The number of nitrogens with two attached hydrogens (primary N) is 2. The molecule has 0 aliphatic carbocycles. The van der Waals surface area contributed by atoms with Gasteiger partial charge in [-0.05, 0) is 39.0 Å². The highest BCUT2D eigenvalue weighted by molar-refractivity contribution is 5.95. The van der Waals surface area contributed by atoms with Crippen LogP contribution in [0.15, 0.2) is 18.2 Å². The van der Waals surface area contributed by atoms with Gasteiger partial charge in [-0.2, -0.15) is 0 Å². The van der Waals surface area contributed by atoms with Crippen molar-refractivity contribution in [2.24, 2.45) is 5.73 Å². The molecule has 5 nitrogen and oxygen atoms in total. The zero-order valence-corrected chi connectivity index (χ0v) is 10.3. The third kappa shape index (κ3) is 3.10. The second kappa shape index (κ2) is 4.63. The first-order valence-electron chi connectivity index (χ1n) is 5.39. The van der Waals surface area contributed by atoms with Crippen LogP contribution in [0, 0.1) is 0 Å². The molecule has 6 N–H and O–H groups in total. The third-order valence-electron chi connectivity index (χ3n) is 2.84. The number of nitrogens with one attached hydrogen (secondary N) is 1. The van der Waals surface area contributed by atoms with E-state index in [9.17, 15) is 9.90 Å². The quantitative estimate of drug-likeness (QED) is 0.585. The molecule has 0 spiro atoms. The Morgan fingerprint density at radius 1 is 1.47 bits per heavy atom. The maximum atomic E-state index is 11.1. The normalized spacial score (nSPS) is 13.2. The molecule has 0 saturated carbocycles. The Labute approximate surface area is 101 Å². The Morgan fingerprint density at radius 2 is 2.06 bits per heavy atom. The smallest absolute Gasteiger partial charge is 0.248 e. The van der Waals surface area contributed by atoms with E-state index in [2.05, 4.69) is 5.32 Å². The first-order chi connectivity index (χ1) is 7.74. The molecule has 17 heavy (non-hydrogen) atoms. The van der Waals surface area contributed by atoms with Crippen molar-refractivity contribution in [3.63, 3.8) is 0 Å². The van der Waals surface area contributed by atoms with Gasteiger partial charge in [-0.15, -0.1) is 0 Å². The number of hydrogen-bond acceptors (Lipinski definition) is 4. The largest absolute Gasteiger partial charge is 0.397 e. The van der Waals surface area contributed by atoms with Crippen LogP contribution in [-0.4, -0.2) is 22.7 Å². The van der Waals surface area contributed by atoms with Crippen molar-refractivity contribution in [2.75, 3.05) is 11.1 Å². The molecule has 1 amide bonds. The minimum absolute atomic E-state index is 0.378. The van der Waals surface area contributed by atoms with Gasteiger partial charge in [0.15, 0.2) is 0 Å². The van der Waals surface area contributed by atoms with Crippen LogP contribution >= 0.6 is 0 Å². The summed E-state index contributed by atoms with van der Waals surface area (Å²) >= 11 is 0. The SMILES string of the molecule is CC(O)C(C)(C)Nc1cc(C(N)=O)ccc1N. The lowest BCUT2D eigenvalue weighted by atomic mass is 9.98. The van der Waals surface area contributed by atoms with E-state index < -0.39 is 17.6 Å². The van der Waals surface area contributed by atoms with Crippen molar-refractivity contribution in [3.05, 3.63) is 23.8 Å². The summed E-state index contributed by atoms with van der Waals surface area (Å²) < 4.78 is 0. The molecule has 0 fully saturated rings. The van der Waals surface area contributed by atoms with E-state index in [1.807, 2.05) is 13.8 Å².